The molecule has 4 N–H and O–H groups in total. The highest BCUT2D eigenvalue weighted by molar-refractivity contribution is 5.79. The minimum Gasteiger partial charge on any atom is -0.480 e. The minimum atomic E-state index is -1.10. The molecule has 18 heavy (non-hydrogen) atoms. The Morgan fingerprint density at radius 2 is 2.28 bits per heavy atom. The van der Waals surface area contributed by atoms with Gasteiger partial charge in [0.15, 0.2) is 0 Å². The first-order valence-electron chi connectivity index (χ1n) is 5.62. The first-order chi connectivity index (χ1) is 8.45. The van der Waals surface area contributed by atoms with E-state index in [0.717, 1.165) is 0 Å². The second kappa shape index (κ2) is 6.10. The second-order valence-corrected chi connectivity index (χ2v) is 3.91. The van der Waals surface area contributed by atoms with Crippen molar-refractivity contribution in [2.45, 2.75) is 32.4 Å². The Hall–Kier alpha value is -1.96. The van der Waals surface area contributed by atoms with Gasteiger partial charge in [0.25, 0.3) is 0 Å². The van der Waals surface area contributed by atoms with E-state index in [1.54, 1.807) is 6.92 Å². The number of carbonyl (C=O) groups is 2. The number of hydrogen-bond acceptors (Lipinski definition) is 5. The molecule has 0 radical (unpaired) electrons. The number of amides is 1. The van der Waals surface area contributed by atoms with E-state index in [1.165, 1.54) is 10.9 Å². The van der Waals surface area contributed by atoms with Crippen LogP contribution < -0.4 is 11.1 Å². The molecule has 0 bridgehead atoms. The van der Waals surface area contributed by atoms with E-state index in [2.05, 4.69) is 15.6 Å². The molecule has 1 aromatic heterocycles. The fraction of sp³-hybridized carbons (Fsp3) is 0.600. The summed E-state index contributed by atoms with van der Waals surface area (Å²) in [5.74, 6) is -1.27. The van der Waals surface area contributed by atoms with Gasteiger partial charge >= 0.3 is 5.97 Å². The molecule has 0 aliphatic rings. The van der Waals surface area contributed by atoms with E-state index in [4.69, 9.17) is 10.8 Å². The summed E-state index contributed by atoms with van der Waals surface area (Å²) in [5.41, 5.74) is 5.83. The number of nitrogens with zero attached hydrogens (tertiary/aromatic N) is 3. The third-order valence-electron chi connectivity index (χ3n) is 2.43. The number of carbonyl (C=O) groups excluding carboxylic acids is 1. The van der Waals surface area contributed by atoms with E-state index < -0.39 is 18.1 Å². The van der Waals surface area contributed by atoms with Gasteiger partial charge in [0.05, 0.1) is 5.69 Å². The number of rotatable bonds is 6. The van der Waals surface area contributed by atoms with Crippen molar-refractivity contribution in [3.63, 3.8) is 0 Å². The van der Waals surface area contributed by atoms with Gasteiger partial charge in [0.1, 0.15) is 12.1 Å². The van der Waals surface area contributed by atoms with Gasteiger partial charge < -0.3 is 16.2 Å². The molecule has 0 spiro atoms. The predicted molar refractivity (Wildman–Crippen MR) is 62.7 cm³/mol. The van der Waals surface area contributed by atoms with E-state index >= 15 is 0 Å². The number of aliphatic carboxylic acids is 1. The smallest absolute Gasteiger partial charge is 0.320 e. The minimum absolute atomic E-state index is 0.0808. The van der Waals surface area contributed by atoms with Crippen LogP contribution in [0.4, 0.5) is 0 Å². The molecule has 0 fully saturated rings. The van der Waals surface area contributed by atoms with E-state index in [0.29, 0.717) is 12.2 Å². The molecule has 0 aliphatic carbocycles. The molecule has 2 atom stereocenters. The van der Waals surface area contributed by atoms with Gasteiger partial charge in [-0.1, -0.05) is 5.21 Å². The van der Waals surface area contributed by atoms with Crippen molar-refractivity contribution in [1.82, 2.24) is 20.3 Å². The van der Waals surface area contributed by atoms with E-state index in [9.17, 15) is 9.59 Å². The normalized spacial score (nSPS) is 13.9. The van der Waals surface area contributed by atoms with Crippen LogP contribution in [0.15, 0.2) is 6.20 Å². The van der Waals surface area contributed by atoms with Crippen molar-refractivity contribution in [1.29, 1.82) is 0 Å². The molecule has 1 heterocycles. The van der Waals surface area contributed by atoms with E-state index in [-0.39, 0.29) is 12.3 Å². The molecule has 8 heteroatoms. The summed E-state index contributed by atoms with van der Waals surface area (Å²) in [6.07, 6.45) is 1.61. The van der Waals surface area contributed by atoms with Crippen LogP contribution in [0.2, 0.25) is 0 Å². The molecule has 0 saturated heterocycles. The standard InChI is InChI=1S/C10H17N5O3/c1-3-12-9(16)6(2)15-5-7(13-14-15)4-8(11)10(17)18/h5-6,8H,3-4,11H2,1-2H3,(H,12,16)(H,17,18). The average molecular weight is 255 g/mol. The Morgan fingerprint density at radius 3 is 2.83 bits per heavy atom. The maximum absolute atomic E-state index is 11.6. The number of nitrogens with one attached hydrogen (secondary N) is 1. The van der Waals surface area contributed by atoms with Gasteiger partial charge in [0.2, 0.25) is 5.91 Å². The van der Waals surface area contributed by atoms with Crippen molar-refractivity contribution >= 4 is 11.9 Å². The number of carboxylic acids is 1. The Kier molecular flexibility index (Phi) is 4.78. The van der Waals surface area contributed by atoms with Crippen LogP contribution >= 0.6 is 0 Å². The van der Waals surface area contributed by atoms with Crippen LogP contribution in [0.5, 0.6) is 0 Å². The maximum atomic E-state index is 11.6. The molecular formula is C10H17N5O3. The van der Waals surface area contributed by atoms with Crippen molar-refractivity contribution in [2.75, 3.05) is 6.54 Å². The third kappa shape index (κ3) is 3.52. The molecular weight excluding hydrogens is 238 g/mol. The molecule has 0 aromatic carbocycles. The van der Waals surface area contributed by atoms with Gasteiger partial charge in [-0.2, -0.15) is 0 Å². The van der Waals surface area contributed by atoms with Crippen LogP contribution in [0.1, 0.15) is 25.6 Å². The zero-order valence-corrected chi connectivity index (χ0v) is 10.3. The summed E-state index contributed by atoms with van der Waals surface area (Å²) in [6, 6.07) is -1.51. The quantitative estimate of drug-likeness (QED) is 0.594. The number of hydrogen-bond donors (Lipinski definition) is 3. The van der Waals surface area contributed by atoms with Crippen LogP contribution in [-0.2, 0) is 16.0 Å². The van der Waals surface area contributed by atoms with Crippen molar-refractivity contribution in [3.05, 3.63) is 11.9 Å². The summed E-state index contributed by atoms with van der Waals surface area (Å²) in [6.45, 7) is 4.04. The van der Waals surface area contributed by atoms with Crippen molar-refractivity contribution < 1.29 is 14.7 Å². The number of aromatic nitrogens is 3. The van der Waals surface area contributed by atoms with Crippen LogP contribution in [0.25, 0.3) is 0 Å². The van der Waals surface area contributed by atoms with Crippen molar-refractivity contribution in [3.8, 4) is 0 Å². The molecule has 2 unspecified atom stereocenters. The molecule has 1 amide bonds. The molecule has 0 aliphatic heterocycles. The summed E-state index contributed by atoms with van der Waals surface area (Å²) in [4.78, 5) is 22.2. The summed E-state index contributed by atoms with van der Waals surface area (Å²) in [5, 5.41) is 18.9. The fourth-order valence-electron chi connectivity index (χ4n) is 1.35. The second-order valence-electron chi connectivity index (χ2n) is 3.91. The molecule has 8 nitrogen and oxygen atoms in total. The van der Waals surface area contributed by atoms with Gasteiger partial charge in [-0.3, -0.25) is 9.59 Å². The number of carboxylic acid groups (broad SMARTS) is 1. The lowest BCUT2D eigenvalue weighted by Gasteiger charge is -2.10. The highest BCUT2D eigenvalue weighted by Gasteiger charge is 2.18. The van der Waals surface area contributed by atoms with Crippen molar-refractivity contribution in [2.24, 2.45) is 5.73 Å². The first-order valence-corrected chi connectivity index (χ1v) is 5.62. The average Bonchev–Trinajstić information content (AvgIpc) is 2.76. The maximum Gasteiger partial charge on any atom is 0.320 e. The fourth-order valence-corrected chi connectivity index (χ4v) is 1.35. The third-order valence-corrected chi connectivity index (χ3v) is 2.43. The monoisotopic (exact) mass is 255 g/mol. The highest BCUT2D eigenvalue weighted by atomic mass is 16.4. The molecule has 0 saturated carbocycles. The Labute approximate surface area is 104 Å². The molecule has 1 aromatic rings. The zero-order valence-electron chi connectivity index (χ0n) is 10.3. The highest BCUT2D eigenvalue weighted by Crippen LogP contribution is 2.06. The Morgan fingerprint density at radius 1 is 1.61 bits per heavy atom. The van der Waals surface area contributed by atoms with Gasteiger partial charge in [-0.05, 0) is 13.8 Å². The molecule has 100 valence electrons. The predicted octanol–water partition coefficient (Wildman–Crippen LogP) is -1.07. The summed E-state index contributed by atoms with van der Waals surface area (Å²) in [7, 11) is 0. The summed E-state index contributed by atoms with van der Waals surface area (Å²) >= 11 is 0. The largest absolute Gasteiger partial charge is 0.480 e. The molecule has 1 rings (SSSR count). The zero-order chi connectivity index (χ0) is 13.7. The number of nitrogens with two attached hydrogens (primary N) is 1. The lowest BCUT2D eigenvalue weighted by Crippen LogP contribution is -2.32. The van der Waals surface area contributed by atoms with Gasteiger partial charge in [0, 0.05) is 19.2 Å². The number of likely N-dealkylation sites (N-methyl/N-ethyl adjacent to an activating group) is 1. The first kappa shape index (κ1) is 14.1. The van der Waals surface area contributed by atoms with Crippen LogP contribution in [-0.4, -0.2) is 44.6 Å². The van der Waals surface area contributed by atoms with Gasteiger partial charge in [-0.25, -0.2) is 4.68 Å². The SMILES string of the molecule is CCNC(=O)C(C)n1cc(CC(N)C(=O)O)nn1. The topological polar surface area (TPSA) is 123 Å². The summed E-state index contributed by atoms with van der Waals surface area (Å²) < 4.78 is 1.38. The van der Waals surface area contributed by atoms with Crippen LogP contribution in [0.3, 0.4) is 0 Å². The Balaban J connectivity index is 2.68. The van der Waals surface area contributed by atoms with E-state index in [1.807, 2.05) is 6.92 Å². The lowest BCUT2D eigenvalue weighted by atomic mass is 10.2. The lowest BCUT2D eigenvalue weighted by molar-refractivity contribution is -0.138. The van der Waals surface area contributed by atoms with Gasteiger partial charge in [-0.15, -0.1) is 5.10 Å². The Bertz CT molecular complexity index is 431. The van der Waals surface area contributed by atoms with Crippen LogP contribution in [0, 0.1) is 0 Å².